The molecule has 1 heterocycles. The maximum Gasteiger partial charge on any atom is 0.237 e. The summed E-state index contributed by atoms with van der Waals surface area (Å²) in [4.78, 5) is 14.1. The standard InChI is InChI=1S/C12H20N2OS.ClH/c1-4-9-5-6-10(16-9)7-14-12(15)11(13)8(2)3;/h5-6,8,11H,4,7,13H2,1-3H3,(H,14,15);1H. The molecule has 98 valence electrons. The Kier molecular flexibility index (Phi) is 7.43. The molecule has 0 fully saturated rings. The van der Waals surface area contributed by atoms with Gasteiger partial charge in [-0.15, -0.1) is 23.7 Å². The van der Waals surface area contributed by atoms with E-state index in [1.54, 1.807) is 11.3 Å². The summed E-state index contributed by atoms with van der Waals surface area (Å²) in [5, 5.41) is 2.86. The molecule has 1 unspecified atom stereocenters. The topological polar surface area (TPSA) is 55.1 Å². The quantitative estimate of drug-likeness (QED) is 0.867. The molecule has 0 bridgehead atoms. The van der Waals surface area contributed by atoms with Gasteiger partial charge in [-0.25, -0.2) is 0 Å². The SMILES string of the molecule is CCc1ccc(CNC(=O)C(N)C(C)C)s1.Cl. The number of thiophene rings is 1. The summed E-state index contributed by atoms with van der Waals surface area (Å²) in [6.45, 7) is 6.61. The minimum absolute atomic E-state index is 0. The molecule has 0 saturated carbocycles. The summed E-state index contributed by atoms with van der Waals surface area (Å²) in [7, 11) is 0. The minimum atomic E-state index is -0.411. The van der Waals surface area contributed by atoms with Crippen molar-refractivity contribution in [3.63, 3.8) is 0 Å². The number of hydrogen-bond donors (Lipinski definition) is 2. The number of carbonyl (C=O) groups is 1. The first-order valence-corrected chi connectivity index (χ1v) is 6.47. The van der Waals surface area contributed by atoms with Crippen molar-refractivity contribution in [1.29, 1.82) is 0 Å². The van der Waals surface area contributed by atoms with Crippen molar-refractivity contribution >= 4 is 29.7 Å². The van der Waals surface area contributed by atoms with Gasteiger partial charge in [0, 0.05) is 9.75 Å². The van der Waals surface area contributed by atoms with Crippen molar-refractivity contribution in [3.8, 4) is 0 Å². The van der Waals surface area contributed by atoms with Crippen molar-refractivity contribution in [2.24, 2.45) is 11.7 Å². The molecule has 17 heavy (non-hydrogen) atoms. The fraction of sp³-hybridized carbons (Fsp3) is 0.583. The van der Waals surface area contributed by atoms with Crippen molar-refractivity contribution < 1.29 is 4.79 Å². The van der Waals surface area contributed by atoms with Crippen LogP contribution >= 0.6 is 23.7 Å². The Balaban J connectivity index is 0.00000256. The van der Waals surface area contributed by atoms with Crippen LogP contribution in [0.25, 0.3) is 0 Å². The third kappa shape index (κ3) is 5.06. The van der Waals surface area contributed by atoms with E-state index in [4.69, 9.17) is 5.73 Å². The molecule has 0 aliphatic carbocycles. The molecular formula is C12H21ClN2OS. The Morgan fingerprint density at radius 3 is 2.47 bits per heavy atom. The summed E-state index contributed by atoms with van der Waals surface area (Å²) in [6, 6.07) is 3.75. The van der Waals surface area contributed by atoms with Crippen molar-refractivity contribution in [2.75, 3.05) is 0 Å². The molecule has 0 aliphatic heterocycles. The predicted molar refractivity (Wildman–Crippen MR) is 75.6 cm³/mol. The van der Waals surface area contributed by atoms with Crippen LogP contribution in [0.2, 0.25) is 0 Å². The molecule has 1 atom stereocenters. The maximum absolute atomic E-state index is 11.6. The summed E-state index contributed by atoms with van der Waals surface area (Å²) >= 11 is 1.74. The molecule has 0 radical (unpaired) electrons. The number of amides is 1. The fourth-order valence-corrected chi connectivity index (χ4v) is 2.20. The number of aryl methyl sites for hydroxylation is 1. The van der Waals surface area contributed by atoms with Gasteiger partial charge in [-0.05, 0) is 24.5 Å². The molecule has 1 rings (SSSR count). The second-order valence-electron chi connectivity index (χ2n) is 4.21. The minimum Gasteiger partial charge on any atom is -0.350 e. The highest BCUT2D eigenvalue weighted by atomic mass is 35.5. The molecule has 1 aromatic rings. The van der Waals surface area contributed by atoms with Crippen LogP contribution in [0.1, 0.15) is 30.5 Å². The Morgan fingerprint density at radius 2 is 2.00 bits per heavy atom. The van der Waals surface area contributed by atoms with Crippen LogP contribution in [-0.4, -0.2) is 11.9 Å². The van der Waals surface area contributed by atoms with Gasteiger partial charge in [0.05, 0.1) is 12.6 Å². The third-order valence-electron chi connectivity index (χ3n) is 2.52. The van der Waals surface area contributed by atoms with Crippen LogP contribution in [0.15, 0.2) is 12.1 Å². The van der Waals surface area contributed by atoms with Gasteiger partial charge >= 0.3 is 0 Å². The highest BCUT2D eigenvalue weighted by molar-refractivity contribution is 7.11. The van der Waals surface area contributed by atoms with E-state index < -0.39 is 6.04 Å². The molecule has 1 amide bonds. The van der Waals surface area contributed by atoms with Crippen molar-refractivity contribution in [3.05, 3.63) is 21.9 Å². The van der Waals surface area contributed by atoms with E-state index in [2.05, 4.69) is 24.4 Å². The summed E-state index contributed by atoms with van der Waals surface area (Å²) in [5.74, 6) is 0.107. The Hall–Kier alpha value is -0.580. The molecule has 1 aromatic heterocycles. The van der Waals surface area contributed by atoms with E-state index in [1.165, 1.54) is 9.75 Å². The molecule has 3 N–H and O–H groups in total. The molecule has 0 saturated heterocycles. The zero-order valence-electron chi connectivity index (χ0n) is 10.5. The summed E-state index contributed by atoms with van der Waals surface area (Å²) < 4.78 is 0. The van der Waals surface area contributed by atoms with Gasteiger partial charge < -0.3 is 11.1 Å². The first kappa shape index (κ1) is 16.4. The van der Waals surface area contributed by atoms with Crippen LogP contribution < -0.4 is 11.1 Å². The fourth-order valence-electron chi connectivity index (χ4n) is 1.30. The molecule has 0 aromatic carbocycles. The third-order valence-corrected chi connectivity index (χ3v) is 3.75. The molecule has 3 nitrogen and oxygen atoms in total. The van der Waals surface area contributed by atoms with Gasteiger partial charge in [0.25, 0.3) is 0 Å². The van der Waals surface area contributed by atoms with E-state index in [9.17, 15) is 4.79 Å². The zero-order valence-corrected chi connectivity index (χ0v) is 12.2. The normalized spacial score (nSPS) is 12.1. The van der Waals surface area contributed by atoms with Crippen LogP contribution in [0.5, 0.6) is 0 Å². The highest BCUT2D eigenvalue weighted by Crippen LogP contribution is 2.16. The van der Waals surface area contributed by atoms with Crippen molar-refractivity contribution in [1.82, 2.24) is 5.32 Å². The lowest BCUT2D eigenvalue weighted by Crippen LogP contribution is -2.43. The molecule has 0 aliphatic rings. The van der Waals surface area contributed by atoms with E-state index >= 15 is 0 Å². The second kappa shape index (κ2) is 7.69. The van der Waals surface area contributed by atoms with Crippen LogP contribution in [0, 0.1) is 5.92 Å². The average molecular weight is 277 g/mol. The van der Waals surface area contributed by atoms with Gasteiger partial charge in [-0.1, -0.05) is 20.8 Å². The van der Waals surface area contributed by atoms with Crippen molar-refractivity contribution in [2.45, 2.75) is 39.8 Å². The average Bonchev–Trinajstić information content (AvgIpc) is 2.72. The van der Waals surface area contributed by atoms with E-state index in [0.29, 0.717) is 6.54 Å². The van der Waals surface area contributed by atoms with Gasteiger partial charge in [0.2, 0.25) is 5.91 Å². The lowest BCUT2D eigenvalue weighted by Gasteiger charge is -2.14. The van der Waals surface area contributed by atoms with Gasteiger partial charge in [0.15, 0.2) is 0 Å². The second-order valence-corrected chi connectivity index (χ2v) is 5.46. The monoisotopic (exact) mass is 276 g/mol. The summed E-state index contributed by atoms with van der Waals surface area (Å²) in [6.07, 6.45) is 1.05. The number of carbonyl (C=O) groups excluding carboxylic acids is 1. The van der Waals surface area contributed by atoms with Gasteiger partial charge in [-0.2, -0.15) is 0 Å². The number of nitrogens with two attached hydrogens (primary N) is 1. The Labute approximate surface area is 113 Å². The van der Waals surface area contributed by atoms with E-state index in [-0.39, 0.29) is 24.2 Å². The van der Waals surface area contributed by atoms with Crippen LogP contribution in [0.3, 0.4) is 0 Å². The zero-order chi connectivity index (χ0) is 12.1. The molecule has 5 heteroatoms. The number of halogens is 1. The van der Waals surface area contributed by atoms with Gasteiger partial charge in [0.1, 0.15) is 0 Å². The van der Waals surface area contributed by atoms with E-state index in [0.717, 1.165) is 6.42 Å². The van der Waals surface area contributed by atoms with Gasteiger partial charge in [-0.3, -0.25) is 4.79 Å². The first-order valence-electron chi connectivity index (χ1n) is 5.65. The first-order chi connectivity index (χ1) is 7.54. The van der Waals surface area contributed by atoms with E-state index in [1.807, 2.05) is 13.8 Å². The highest BCUT2D eigenvalue weighted by Gasteiger charge is 2.16. The smallest absolute Gasteiger partial charge is 0.237 e. The Morgan fingerprint density at radius 1 is 1.41 bits per heavy atom. The lowest BCUT2D eigenvalue weighted by atomic mass is 10.1. The number of rotatable bonds is 5. The molecule has 0 spiro atoms. The lowest BCUT2D eigenvalue weighted by molar-refractivity contribution is -0.123. The molecular weight excluding hydrogens is 256 g/mol. The van der Waals surface area contributed by atoms with Crippen LogP contribution in [-0.2, 0) is 17.8 Å². The number of nitrogens with one attached hydrogen (secondary N) is 1. The number of hydrogen-bond acceptors (Lipinski definition) is 3. The predicted octanol–water partition coefficient (Wildman–Crippen LogP) is 2.33. The summed E-state index contributed by atoms with van der Waals surface area (Å²) in [5.41, 5.74) is 5.75. The van der Waals surface area contributed by atoms with Crippen LogP contribution in [0.4, 0.5) is 0 Å². The maximum atomic E-state index is 11.6. The largest absolute Gasteiger partial charge is 0.350 e. The Bertz CT molecular complexity index is 352.